The van der Waals surface area contributed by atoms with Gasteiger partial charge in [0.15, 0.2) is 0 Å². The van der Waals surface area contributed by atoms with Crippen molar-refractivity contribution in [3.63, 3.8) is 0 Å². The van der Waals surface area contributed by atoms with Crippen LogP contribution in [0.4, 0.5) is 18.9 Å². The average Bonchev–Trinajstić information content (AvgIpc) is 3.39. The number of halogens is 3. The lowest BCUT2D eigenvalue weighted by molar-refractivity contribution is -0.274. The summed E-state index contributed by atoms with van der Waals surface area (Å²) in [5.41, 5.74) is 0.997. The van der Waals surface area contributed by atoms with Crippen LogP contribution in [0.25, 0.3) is 0 Å². The van der Waals surface area contributed by atoms with Crippen molar-refractivity contribution in [2.75, 3.05) is 4.72 Å². The normalized spacial score (nSPS) is 14.4. The minimum absolute atomic E-state index is 0.0861. The number of rotatable bonds is 7. The molecule has 6 nitrogen and oxygen atoms in total. The van der Waals surface area contributed by atoms with Gasteiger partial charge in [-0.3, -0.25) is 9.52 Å². The third-order valence-electron chi connectivity index (χ3n) is 3.88. The molecule has 1 fully saturated rings. The fourth-order valence-corrected chi connectivity index (χ4v) is 3.48. The van der Waals surface area contributed by atoms with E-state index in [9.17, 15) is 26.4 Å². The molecule has 1 aliphatic rings. The lowest BCUT2D eigenvalue weighted by atomic mass is 10.1. The number of ether oxygens (including phenoxy) is 1. The maximum Gasteiger partial charge on any atom is 0.573 e. The number of carbonyl (C=O) groups is 1. The van der Waals surface area contributed by atoms with Crippen molar-refractivity contribution in [2.45, 2.75) is 36.6 Å². The van der Waals surface area contributed by atoms with Gasteiger partial charge < -0.3 is 10.1 Å². The van der Waals surface area contributed by atoms with E-state index in [0.29, 0.717) is 0 Å². The fourth-order valence-electron chi connectivity index (χ4n) is 2.42. The van der Waals surface area contributed by atoms with Crippen molar-refractivity contribution in [1.82, 2.24) is 5.32 Å². The first-order chi connectivity index (χ1) is 13.1. The van der Waals surface area contributed by atoms with Crippen LogP contribution in [0, 0.1) is 0 Å². The van der Waals surface area contributed by atoms with E-state index >= 15 is 0 Å². The van der Waals surface area contributed by atoms with Gasteiger partial charge in [0.25, 0.3) is 10.0 Å². The topological polar surface area (TPSA) is 84.5 Å². The molecule has 1 aliphatic carbocycles. The summed E-state index contributed by atoms with van der Waals surface area (Å²) in [4.78, 5) is 11.6. The highest BCUT2D eigenvalue weighted by molar-refractivity contribution is 7.92. The number of nitrogens with one attached hydrogen (secondary N) is 2. The third-order valence-corrected chi connectivity index (χ3v) is 5.28. The first kappa shape index (κ1) is 20.0. The molecule has 2 N–H and O–H groups in total. The Bertz CT molecular complexity index is 938. The van der Waals surface area contributed by atoms with Gasteiger partial charge in [-0.2, -0.15) is 0 Å². The molecule has 1 amide bonds. The van der Waals surface area contributed by atoms with Crippen LogP contribution >= 0.6 is 0 Å². The standard InChI is InChI=1S/C18H17F3N2O4S/c19-18(20,21)27-15-7-9-16(10-8-15)28(25,26)23-14-3-1-12(2-4-14)11-17(24)22-13-5-6-13/h1-4,7-10,13,23H,5-6,11H2,(H,22,24). The number of alkyl halides is 3. The molecule has 150 valence electrons. The van der Waals surface area contributed by atoms with Gasteiger partial charge in [-0.1, -0.05) is 12.1 Å². The Hall–Kier alpha value is -2.75. The van der Waals surface area contributed by atoms with Crippen LogP contribution < -0.4 is 14.8 Å². The van der Waals surface area contributed by atoms with Crippen LogP contribution in [-0.4, -0.2) is 26.7 Å². The zero-order chi connectivity index (χ0) is 20.4. The zero-order valence-corrected chi connectivity index (χ0v) is 15.3. The van der Waals surface area contributed by atoms with Crippen molar-refractivity contribution >= 4 is 21.6 Å². The number of hydrogen-bond donors (Lipinski definition) is 2. The summed E-state index contributed by atoms with van der Waals surface area (Å²) >= 11 is 0. The predicted molar refractivity (Wildman–Crippen MR) is 95.2 cm³/mol. The van der Waals surface area contributed by atoms with Crippen molar-refractivity contribution in [1.29, 1.82) is 0 Å². The summed E-state index contributed by atoms with van der Waals surface area (Å²) in [6, 6.07) is 10.4. The van der Waals surface area contributed by atoms with Crippen LogP contribution in [0.1, 0.15) is 18.4 Å². The Balaban J connectivity index is 1.62. The molecule has 0 spiro atoms. The monoisotopic (exact) mass is 414 g/mol. The summed E-state index contributed by atoms with van der Waals surface area (Å²) in [7, 11) is -3.98. The molecule has 0 bridgehead atoms. The summed E-state index contributed by atoms with van der Waals surface area (Å²) < 4.78 is 67.2. The van der Waals surface area contributed by atoms with Gasteiger partial charge in [0.1, 0.15) is 5.75 Å². The van der Waals surface area contributed by atoms with Gasteiger partial charge in [-0.25, -0.2) is 8.42 Å². The number of anilines is 1. The molecular weight excluding hydrogens is 397 g/mol. The largest absolute Gasteiger partial charge is 0.573 e. The lowest BCUT2D eigenvalue weighted by Gasteiger charge is -2.11. The molecule has 0 aliphatic heterocycles. The highest BCUT2D eigenvalue weighted by atomic mass is 32.2. The molecular formula is C18H17F3N2O4S. The molecule has 2 aromatic carbocycles. The quantitative estimate of drug-likeness (QED) is 0.729. The molecule has 28 heavy (non-hydrogen) atoms. The van der Waals surface area contributed by atoms with E-state index < -0.39 is 22.1 Å². The smallest absolute Gasteiger partial charge is 0.406 e. The van der Waals surface area contributed by atoms with Gasteiger partial charge in [-0.15, -0.1) is 13.2 Å². The number of sulfonamides is 1. The second kappa shape index (κ2) is 7.70. The number of carbonyl (C=O) groups excluding carboxylic acids is 1. The molecule has 0 aromatic heterocycles. The molecule has 0 atom stereocenters. The van der Waals surface area contributed by atoms with E-state index in [4.69, 9.17) is 0 Å². The molecule has 2 aromatic rings. The molecule has 0 saturated heterocycles. The van der Waals surface area contributed by atoms with Crippen molar-refractivity contribution in [3.8, 4) is 5.75 Å². The minimum Gasteiger partial charge on any atom is -0.406 e. The Kier molecular flexibility index (Phi) is 5.50. The zero-order valence-electron chi connectivity index (χ0n) is 14.5. The van der Waals surface area contributed by atoms with Gasteiger partial charge in [0.2, 0.25) is 5.91 Å². The number of hydrogen-bond acceptors (Lipinski definition) is 4. The SMILES string of the molecule is O=C(Cc1ccc(NS(=O)(=O)c2ccc(OC(F)(F)F)cc2)cc1)NC1CC1. The summed E-state index contributed by atoms with van der Waals surface area (Å²) in [6.45, 7) is 0. The van der Waals surface area contributed by atoms with Gasteiger partial charge in [-0.05, 0) is 54.8 Å². The molecule has 1 saturated carbocycles. The first-order valence-electron chi connectivity index (χ1n) is 8.38. The Morgan fingerprint density at radius 1 is 1.04 bits per heavy atom. The summed E-state index contributed by atoms with van der Waals surface area (Å²) in [5.74, 6) is -0.600. The van der Waals surface area contributed by atoms with Gasteiger partial charge in [0.05, 0.1) is 11.3 Å². The van der Waals surface area contributed by atoms with Crippen LogP contribution in [0.2, 0.25) is 0 Å². The van der Waals surface area contributed by atoms with Crippen molar-refractivity contribution < 1.29 is 31.1 Å². The molecule has 3 rings (SSSR count). The van der Waals surface area contributed by atoms with E-state index in [2.05, 4.69) is 14.8 Å². The number of benzene rings is 2. The number of amides is 1. The highest BCUT2D eigenvalue weighted by Gasteiger charge is 2.31. The van der Waals surface area contributed by atoms with Crippen molar-refractivity contribution in [3.05, 3.63) is 54.1 Å². The second-order valence-corrected chi connectivity index (χ2v) is 8.02. The van der Waals surface area contributed by atoms with Crippen LogP contribution in [0.5, 0.6) is 5.75 Å². The van der Waals surface area contributed by atoms with Gasteiger partial charge >= 0.3 is 6.36 Å². The van der Waals surface area contributed by atoms with E-state index in [-0.39, 0.29) is 29.0 Å². The van der Waals surface area contributed by atoms with Crippen LogP contribution in [0.15, 0.2) is 53.4 Å². The predicted octanol–water partition coefficient (Wildman–Crippen LogP) is 3.21. The van der Waals surface area contributed by atoms with E-state index in [1.54, 1.807) is 12.1 Å². The molecule has 0 heterocycles. The maximum atomic E-state index is 12.4. The van der Waals surface area contributed by atoms with Gasteiger partial charge in [0, 0.05) is 11.7 Å². The minimum atomic E-state index is -4.85. The highest BCUT2D eigenvalue weighted by Crippen LogP contribution is 2.25. The molecule has 0 unspecified atom stereocenters. The molecule has 0 radical (unpaired) electrons. The average molecular weight is 414 g/mol. The van der Waals surface area contributed by atoms with E-state index in [0.717, 1.165) is 42.7 Å². The Labute approximate surface area is 159 Å². The maximum absolute atomic E-state index is 12.4. The van der Waals surface area contributed by atoms with Crippen molar-refractivity contribution in [2.24, 2.45) is 0 Å². The van der Waals surface area contributed by atoms with Crippen LogP contribution in [-0.2, 0) is 21.2 Å². The van der Waals surface area contributed by atoms with E-state index in [1.165, 1.54) is 12.1 Å². The van der Waals surface area contributed by atoms with Crippen LogP contribution in [0.3, 0.4) is 0 Å². The first-order valence-corrected chi connectivity index (χ1v) is 9.86. The second-order valence-electron chi connectivity index (χ2n) is 6.34. The summed E-state index contributed by atoms with van der Waals surface area (Å²) in [5, 5.41) is 2.86. The fraction of sp³-hybridized carbons (Fsp3) is 0.278. The Morgan fingerprint density at radius 2 is 1.64 bits per heavy atom. The Morgan fingerprint density at radius 3 is 2.18 bits per heavy atom. The lowest BCUT2D eigenvalue weighted by Crippen LogP contribution is -2.26. The van der Waals surface area contributed by atoms with E-state index in [1.807, 2.05) is 0 Å². The summed E-state index contributed by atoms with van der Waals surface area (Å²) in [6.07, 6.45) is -2.66. The molecule has 10 heteroatoms. The third kappa shape index (κ3) is 5.88.